The molecule has 0 radical (unpaired) electrons. The number of aromatic nitrogens is 2. The second-order valence-electron chi connectivity index (χ2n) is 5.33. The normalized spacial score (nSPS) is 18.9. The fourth-order valence-corrected chi connectivity index (χ4v) is 3.25. The van der Waals surface area contributed by atoms with Crippen molar-refractivity contribution < 1.29 is 0 Å². The molecule has 5 heteroatoms. The van der Waals surface area contributed by atoms with E-state index in [1.807, 2.05) is 12.3 Å². The summed E-state index contributed by atoms with van der Waals surface area (Å²) in [5.74, 6) is 1.61. The minimum atomic E-state index is 0.716. The maximum atomic E-state index is 4.70. The number of hydrogen-bond acceptors (Lipinski definition) is 5. The van der Waals surface area contributed by atoms with E-state index >= 15 is 0 Å². The Morgan fingerprint density at radius 1 is 1.45 bits per heavy atom. The summed E-state index contributed by atoms with van der Waals surface area (Å²) in [6.45, 7) is 4.34. The average Bonchev–Trinajstić information content (AvgIpc) is 2.86. The summed E-state index contributed by atoms with van der Waals surface area (Å²) in [5.41, 5.74) is 1.16. The lowest BCUT2D eigenvalue weighted by atomic mass is 9.94. The van der Waals surface area contributed by atoms with Gasteiger partial charge in [0.25, 0.3) is 0 Å². The van der Waals surface area contributed by atoms with E-state index in [-0.39, 0.29) is 0 Å². The number of anilines is 2. The van der Waals surface area contributed by atoms with E-state index in [2.05, 4.69) is 34.7 Å². The Morgan fingerprint density at radius 3 is 3.15 bits per heavy atom. The number of aryl methyl sites for hydroxylation is 1. The molecule has 20 heavy (non-hydrogen) atoms. The van der Waals surface area contributed by atoms with E-state index in [0.29, 0.717) is 5.92 Å². The molecule has 4 nitrogen and oxygen atoms in total. The van der Waals surface area contributed by atoms with E-state index in [1.165, 1.54) is 17.7 Å². The molecule has 0 saturated carbocycles. The van der Waals surface area contributed by atoms with Crippen LogP contribution in [0.2, 0.25) is 0 Å². The number of rotatable bonds is 4. The third kappa shape index (κ3) is 3.55. The van der Waals surface area contributed by atoms with Crippen LogP contribution in [-0.2, 0) is 6.42 Å². The number of pyridine rings is 1. The first-order chi connectivity index (χ1) is 9.79. The smallest absolute Gasteiger partial charge is 0.188 e. The van der Waals surface area contributed by atoms with Crippen LogP contribution in [0.4, 0.5) is 10.9 Å². The highest BCUT2D eigenvalue weighted by molar-refractivity contribution is 7.15. The molecular weight excluding hydrogens is 268 g/mol. The van der Waals surface area contributed by atoms with E-state index in [1.54, 1.807) is 11.3 Å². The molecule has 1 aliphatic heterocycles. The van der Waals surface area contributed by atoms with Crippen LogP contribution in [0.25, 0.3) is 0 Å². The van der Waals surface area contributed by atoms with Crippen molar-refractivity contribution in [2.75, 3.05) is 18.4 Å². The quantitative estimate of drug-likeness (QED) is 0.907. The number of nitrogens with one attached hydrogen (secondary N) is 2. The maximum absolute atomic E-state index is 4.70. The van der Waals surface area contributed by atoms with Crippen LogP contribution in [0.3, 0.4) is 0 Å². The van der Waals surface area contributed by atoms with Gasteiger partial charge in [0.2, 0.25) is 0 Å². The van der Waals surface area contributed by atoms with Crippen LogP contribution in [0, 0.1) is 12.8 Å². The van der Waals surface area contributed by atoms with Crippen molar-refractivity contribution in [3.8, 4) is 0 Å². The van der Waals surface area contributed by atoms with Crippen LogP contribution in [-0.4, -0.2) is 23.1 Å². The standard InChI is InChI=1S/C15H20N4S/c1-11-9-17-15(20-11)19-14-6-2-5-13(18-14)8-12-4-3-7-16-10-12/h2,5-6,9,12,16H,3-4,7-8,10H2,1H3,(H,17,18,19). The van der Waals surface area contributed by atoms with Crippen molar-refractivity contribution in [1.82, 2.24) is 15.3 Å². The predicted molar refractivity (Wildman–Crippen MR) is 83.7 cm³/mol. The Morgan fingerprint density at radius 2 is 2.40 bits per heavy atom. The molecule has 0 aromatic carbocycles. The monoisotopic (exact) mass is 288 g/mol. The van der Waals surface area contributed by atoms with Crippen molar-refractivity contribution in [2.24, 2.45) is 5.92 Å². The van der Waals surface area contributed by atoms with E-state index in [0.717, 1.165) is 36.2 Å². The van der Waals surface area contributed by atoms with Crippen LogP contribution >= 0.6 is 11.3 Å². The van der Waals surface area contributed by atoms with Gasteiger partial charge in [0, 0.05) is 16.8 Å². The Hall–Kier alpha value is -1.46. The van der Waals surface area contributed by atoms with Gasteiger partial charge in [0.1, 0.15) is 5.82 Å². The highest BCUT2D eigenvalue weighted by Gasteiger charge is 2.14. The average molecular weight is 288 g/mol. The molecule has 2 aromatic heterocycles. The van der Waals surface area contributed by atoms with Crippen LogP contribution < -0.4 is 10.6 Å². The molecule has 1 unspecified atom stereocenters. The third-order valence-electron chi connectivity index (χ3n) is 3.56. The van der Waals surface area contributed by atoms with Crippen molar-refractivity contribution in [3.63, 3.8) is 0 Å². The molecule has 0 aliphatic carbocycles. The summed E-state index contributed by atoms with van der Waals surface area (Å²) in [4.78, 5) is 10.2. The van der Waals surface area contributed by atoms with E-state index in [4.69, 9.17) is 4.98 Å². The van der Waals surface area contributed by atoms with Gasteiger partial charge in [-0.1, -0.05) is 6.07 Å². The van der Waals surface area contributed by atoms with Gasteiger partial charge in [-0.05, 0) is 57.3 Å². The second kappa shape index (κ2) is 6.33. The van der Waals surface area contributed by atoms with Crippen molar-refractivity contribution in [2.45, 2.75) is 26.2 Å². The van der Waals surface area contributed by atoms with Crippen LogP contribution in [0.5, 0.6) is 0 Å². The molecule has 1 fully saturated rings. The Balaban J connectivity index is 1.65. The lowest BCUT2D eigenvalue weighted by molar-refractivity contribution is 0.373. The van der Waals surface area contributed by atoms with Gasteiger partial charge in [-0.15, -0.1) is 11.3 Å². The van der Waals surface area contributed by atoms with Gasteiger partial charge >= 0.3 is 0 Å². The highest BCUT2D eigenvalue weighted by atomic mass is 32.1. The SMILES string of the molecule is Cc1cnc(Nc2cccc(CC3CCCNC3)n2)s1. The zero-order chi connectivity index (χ0) is 13.8. The predicted octanol–water partition coefficient (Wildman–Crippen LogP) is 3.13. The Labute approximate surface area is 123 Å². The maximum Gasteiger partial charge on any atom is 0.188 e. The van der Waals surface area contributed by atoms with Crippen molar-refractivity contribution >= 4 is 22.3 Å². The van der Waals surface area contributed by atoms with Gasteiger partial charge in [0.15, 0.2) is 5.13 Å². The molecule has 1 saturated heterocycles. The van der Waals surface area contributed by atoms with Crippen LogP contribution in [0.15, 0.2) is 24.4 Å². The summed E-state index contributed by atoms with van der Waals surface area (Å²) >= 11 is 1.65. The summed E-state index contributed by atoms with van der Waals surface area (Å²) in [6.07, 6.45) is 5.52. The van der Waals surface area contributed by atoms with Gasteiger partial charge in [-0.2, -0.15) is 0 Å². The highest BCUT2D eigenvalue weighted by Crippen LogP contribution is 2.21. The lowest BCUT2D eigenvalue weighted by Gasteiger charge is -2.22. The van der Waals surface area contributed by atoms with E-state index < -0.39 is 0 Å². The van der Waals surface area contributed by atoms with Gasteiger partial charge < -0.3 is 10.6 Å². The lowest BCUT2D eigenvalue weighted by Crippen LogP contribution is -2.31. The molecule has 2 aromatic rings. The number of thiazole rings is 1. The summed E-state index contributed by atoms with van der Waals surface area (Å²) in [5, 5.41) is 7.65. The first-order valence-corrected chi connectivity index (χ1v) is 7.97. The molecule has 106 valence electrons. The second-order valence-corrected chi connectivity index (χ2v) is 6.57. The zero-order valence-corrected chi connectivity index (χ0v) is 12.5. The fraction of sp³-hybridized carbons (Fsp3) is 0.467. The summed E-state index contributed by atoms with van der Waals surface area (Å²) in [7, 11) is 0. The zero-order valence-electron chi connectivity index (χ0n) is 11.7. The topological polar surface area (TPSA) is 49.8 Å². The minimum Gasteiger partial charge on any atom is -0.316 e. The summed E-state index contributed by atoms with van der Waals surface area (Å²) in [6, 6.07) is 6.19. The van der Waals surface area contributed by atoms with Gasteiger partial charge in [-0.25, -0.2) is 9.97 Å². The Bertz CT molecular complexity index is 561. The number of nitrogens with zero attached hydrogens (tertiary/aromatic N) is 2. The number of piperidine rings is 1. The first-order valence-electron chi connectivity index (χ1n) is 7.16. The van der Waals surface area contributed by atoms with Crippen molar-refractivity contribution in [3.05, 3.63) is 35.0 Å². The summed E-state index contributed by atoms with van der Waals surface area (Å²) < 4.78 is 0. The molecule has 1 aliphatic rings. The van der Waals surface area contributed by atoms with E-state index in [9.17, 15) is 0 Å². The number of hydrogen-bond donors (Lipinski definition) is 2. The molecule has 1 atom stereocenters. The molecular formula is C15H20N4S. The largest absolute Gasteiger partial charge is 0.316 e. The molecule has 0 spiro atoms. The first kappa shape index (κ1) is 13.5. The molecule has 0 bridgehead atoms. The molecule has 2 N–H and O–H groups in total. The Kier molecular flexibility index (Phi) is 4.28. The van der Waals surface area contributed by atoms with Gasteiger partial charge in [-0.3, -0.25) is 0 Å². The van der Waals surface area contributed by atoms with Gasteiger partial charge in [0.05, 0.1) is 0 Å². The van der Waals surface area contributed by atoms with Crippen LogP contribution in [0.1, 0.15) is 23.4 Å². The molecule has 3 rings (SSSR count). The fourth-order valence-electron chi connectivity index (χ4n) is 2.58. The minimum absolute atomic E-state index is 0.716. The molecule has 0 amide bonds. The van der Waals surface area contributed by atoms with Crippen molar-refractivity contribution in [1.29, 1.82) is 0 Å². The molecule has 3 heterocycles. The third-order valence-corrected chi connectivity index (χ3v) is 4.39.